The lowest BCUT2D eigenvalue weighted by atomic mass is 10.1. The highest BCUT2D eigenvalue weighted by atomic mass is 35.5. The molecule has 0 radical (unpaired) electrons. The summed E-state index contributed by atoms with van der Waals surface area (Å²) < 4.78 is 5.73. The van der Waals surface area contributed by atoms with Crippen LogP contribution in [-0.2, 0) is 6.42 Å². The number of aliphatic imine (C=N–C) groups is 1. The number of rotatable bonds is 1. The van der Waals surface area contributed by atoms with E-state index in [0.717, 1.165) is 23.3 Å². The minimum Gasteiger partial charge on any atom is -0.435 e. The fraction of sp³-hybridized carbons (Fsp3) is 0.154. The molecular weight excluding hydrogens is 264 g/mol. The molecule has 0 amide bonds. The standard InChI is InChI=1S/C13H9ClN4O/c14-7-1-2-10-9(5-7)18-13(19-10)12-11-8(3-4-15-12)16-6-17-11/h1-2,5-6H,3-4H2,(H,16,17). The molecule has 0 atom stereocenters. The summed E-state index contributed by atoms with van der Waals surface area (Å²) in [5.74, 6) is 0.491. The summed E-state index contributed by atoms with van der Waals surface area (Å²) in [4.78, 5) is 16.3. The molecule has 5 nitrogen and oxygen atoms in total. The van der Waals surface area contributed by atoms with E-state index in [1.54, 1.807) is 18.5 Å². The van der Waals surface area contributed by atoms with Crippen molar-refractivity contribution >= 4 is 28.4 Å². The Morgan fingerprint density at radius 2 is 2.26 bits per heavy atom. The van der Waals surface area contributed by atoms with Crippen LogP contribution < -0.4 is 0 Å². The van der Waals surface area contributed by atoms with Crippen molar-refractivity contribution in [1.29, 1.82) is 0 Å². The van der Waals surface area contributed by atoms with Crippen molar-refractivity contribution in [2.24, 2.45) is 4.99 Å². The largest absolute Gasteiger partial charge is 0.435 e. The fourth-order valence-corrected chi connectivity index (χ4v) is 2.41. The van der Waals surface area contributed by atoms with Gasteiger partial charge >= 0.3 is 0 Å². The van der Waals surface area contributed by atoms with E-state index in [9.17, 15) is 0 Å². The van der Waals surface area contributed by atoms with Gasteiger partial charge in [0.1, 0.15) is 16.9 Å². The van der Waals surface area contributed by atoms with Crippen LogP contribution in [0.5, 0.6) is 0 Å². The molecule has 1 aliphatic rings. The molecule has 0 unspecified atom stereocenters. The predicted octanol–water partition coefficient (Wildman–Crippen LogP) is 2.60. The minimum absolute atomic E-state index is 0.491. The molecule has 2 aromatic heterocycles. The normalized spacial score (nSPS) is 14.5. The number of halogens is 1. The molecule has 1 aromatic carbocycles. The van der Waals surface area contributed by atoms with Crippen molar-refractivity contribution in [3.8, 4) is 0 Å². The third kappa shape index (κ3) is 1.66. The van der Waals surface area contributed by atoms with Gasteiger partial charge in [0.2, 0.25) is 5.89 Å². The quantitative estimate of drug-likeness (QED) is 0.740. The third-order valence-corrected chi connectivity index (χ3v) is 3.36. The molecule has 0 saturated heterocycles. The zero-order valence-corrected chi connectivity index (χ0v) is 10.6. The topological polar surface area (TPSA) is 67.1 Å². The Kier molecular flexibility index (Phi) is 2.22. The lowest BCUT2D eigenvalue weighted by Crippen LogP contribution is -2.14. The first-order valence-corrected chi connectivity index (χ1v) is 6.32. The smallest absolute Gasteiger partial charge is 0.248 e. The summed E-state index contributed by atoms with van der Waals surface area (Å²) in [6.07, 6.45) is 2.54. The molecule has 3 heterocycles. The van der Waals surface area contributed by atoms with E-state index in [1.165, 1.54) is 0 Å². The van der Waals surface area contributed by atoms with Gasteiger partial charge in [-0.25, -0.2) is 9.97 Å². The maximum absolute atomic E-state index is 5.95. The molecule has 1 aliphatic heterocycles. The van der Waals surface area contributed by atoms with Crippen molar-refractivity contribution in [1.82, 2.24) is 15.0 Å². The van der Waals surface area contributed by atoms with E-state index in [1.807, 2.05) is 6.07 Å². The molecule has 4 rings (SSSR count). The Balaban J connectivity index is 1.89. The number of fused-ring (bicyclic) bond motifs is 2. The number of oxazole rings is 1. The number of aromatic nitrogens is 3. The molecule has 94 valence electrons. The van der Waals surface area contributed by atoms with Crippen LogP contribution in [0.15, 0.2) is 33.9 Å². The molecule has 0 fully saturated rings. The number of hydrogen-bond donors (Lipinski definition) is 1. The first-order chi connectivity index (χ1) is 9.31. The van der Waals surface area contributed by atoms with Crippen molar-refractivity contribution in [2.45, 2.75) is 6.42 Å². The van der Waals surface area contributed by atoms with Crippen LogP contribution in [0, 0.1) is 0 Å². The molecule has 19 heavy (non-hydrogen) atoms. The highest BCUT2D eigenvalue weighted by Gasteiger charge is 2.22. The van der Waals surface area contributed by atoms with Crippen LogP contribution in [0.25, 0.3) is 11.1 Å². The Bertz CT molecular complexity index is 802. The minimum atomic E-state index is 0.491. The van der Waals surface area contributed by atoms with Gasteiger partial charge in [0.15, 0.2) is 5.58 Å². The maximum atomic E-state index is 5.95. The highest BCUT2D eigenvalue weighted by Crippen LogP contribution is 2.23. The van der Waals surface area contributed by atoms with Gasteiger partial charge in [-0.2, -0.15) is 0 Å². The Morgan fingerprint density at radius 1 is 1.32 bits per heavy atom. The number of aromatic amines is 1. The van der Waals surface area contributed by atoms with Crippen LogP contribution in [0.2, 0.25) is 5.02 Å². The van der Waals surface area contributed by atoms with E-state index in [-0.39, 0.29) is 0 Å². The number of hydrogen-bond acceptors (Lipinski definition) is 4. The van der Waals surface area contributed by atoms with E-state index in [0.29, 0.717) is 28.8 Å². The molecule has 6 heteroatoms. The summed E-state index contributed by atoms with van der Waals surface area (Å²) in [5.41, 5.74) is 4.03. The number of nitrogens with one attached hydrogen (secondary N) is 1. The Morgan fingerprint density at radius 3 is 3.21 bits per heavy atom. The molecule has 0 bridgehead atoms. The van der Waals surface area contributed by atoms with Crippen LogP contribution in [0.3, 0.4) is 0 Å². The number of imidazole rings is 1. The lowest BCUT2D eigenvalue weighted by Gasteiger charge is -2.08. The van der Waals surface area contributed by atoms with Gasteiger partial charge in [-0.05, 0) is 18.2 Å². The molecule has 3 aromatic rings. The van der Waals surface area contributed by atoms with Crippen molar-refractivity contribution in [2.75, 3.05) is 6.54 Å². The van der Waals surface area contributed by atoms with E-state index in [4.69, 9.17) is 16.0 Å². The van der Waals surface area contributed by atoms with Gasteiger partial charge in [-0.1, -0.05) is 11.6 Å². The summed E-state index contributed by atoms with van der Waals surface area (Å²) in [6.45, 7) is 0.712. The zero-order chi connectivity index (χ0) is 12.8. The SMILES string of the molecule is Clc1ccc2oc(C3=NCCc4[nH]cnc43)nc2c1. The number of benzene rings is 1. The zero-order valence-electron chi connectivity index (χ0n) is 9.85. The van der Waals surface area contributed by atoms with E-state index < -0.39 is 0 Å². The summed E-state index contributed by atoms with van der Waals surface area (Å²) in [5, 5.41) is 0.637. The number of nitrogens with zero attached hydrogens (tertiary/aromatic N) is 3. The van der Waals surface area contributed by atoms with Crippen LogP contribution in [-0.4, -0.2) is 27.2 Å². The second-order valence-electron chi connectivity index (χ2n) is 4.34. The van der Waals surface area contributed by atoms with Crippen LogP contribution in [0.1, 0.15) is 17.3 Å². The average molecular weight is 273 g/mol. The van der Waals surface area contributed by atoms with Gasteiger partial charge in [0, 0.05) is 23.7 Å². The molecule has 0 aliphatic carbocycles. The lowest BCUT2D eigenvalue weighted by molar-refractivity contribution is 0.588. The van der Waals surface area contributed by atoms with Gasteiger partial charge < -0.3 is 9.40 Å². The summed E-state index contributed by atoms with van der Waals surface area (Å²) in [7, 11) is 0. The fourth-order valence-electron chi connectivity index (χ4n) is 2.24. The molecule has 0 saturated carbocycles. The first kappa shape index (κ1) is 10.8. The second kappa shape index (κ2) is 3.93. The van der Waals surface area contributed by atoms with Crippen molar-refractivity contribution in [3.05, 3.63) is 46.8 Å². The van der Waals surface area contributed by atoms with Gasteiger partial charge in [-0.15, -0.1) is 0 Å². The first-order valence-electron chi connectivity index (χ1n) is 5.95. The van der Waals surface area contributed by atoms with E-state index >= 15 is 0 Å². The Labute approximate surface area is 113 Å². The predicted molar refractivity (Wildman–Crippen MR) is 71.8 cm³/mol. The monoisotopic (exact) mass is 272 g/mol. The van der Waals surface area contributed by atoms with Crippen molar-refractivity contribution < 1.29 is 4.42 Å². The third-order valence-electron chi connectivity index (χ3n) is 3.13. The average Bonchev–Trinajstić information content (AvgIpc) is 3.03. The number of H-pyrrole nitrogens is 1. The van der Waals surface area contributed by atoms with Gasteiger partial charge in [0.25, 0.3) is 0 Å². The molecule has 1 N–H and O–H groups in total. The second-order valence-corrected chi connectivity index (χ2v) is 4.78. The van der Waals surface area contributed by atoms with Crippen molar-refractivity contribution in [3.63, 3.8) is 0 Å². The highest BCUT2D eigenvalue weighted by molar-refractivity contribution is 6.31. The summed E-state index contributed by atoms with van der Waals surface area (Å²) in [6, 6.07) is 5.36. The van der Waals surface area contributed by atoms with Crippen LogP contribution >= 0.6 is 11.6 Å². The summed E-state index contributed by atoms with van der Waals surface area (Å²) >= 11 is 5.95. The van der Waals surface area contributed by atoms with Crippen LogP contribution in [0.4, 0.5) is 0 Å². The van der Waals surface area contributed by atoms with E-state index in [2.05, 4.69) is 19.9 Å². The van der Waals surface area contributed by atoms with Gasteiger partial charge in [0.05, 0.1) is 6.33 Å². The maximum Gasteiger partial charge on any atom is 0.248 e. The Hall–Kier alpha value is -2.14. The van der Waals surface area contributed by atoms with Gasteiger partial charge in [-0.3, -0.25) is 4.99 Å². The molecule has 0 spiro atoms. The molecular formula is C13H9ClN4O.